The quantitative estimate of drug-likeness (QED) is 0.759. The van der Waals surface area contributed by atoms with Crippen molar-refractivity contribution >= 4 is 11.6 Å². The lowest BCUT2D eigenvalue weighted by atomic mass is 10.0. The van der Waals surface area contributed by atoms with E-state index >= 15 is 0 Å². The molecule has 1 aliphatic heterocycles. The lowest BCUT2D eigenvalue weighted by Gasteiger charge is -2.20. The van der Waals surface area contributed by atoms with Crippen molar-refractivity contribution in [2.24, 2.45) is 5.92 Å². The maximum Gasteiger partial charge on any atom is 0.147 e. The summed E-state index contributed by atoms with van der Waals surface area (Å²) in [6, 6.07) is 0. The van der Waals surface area contributed by atoms with Crippen LogP contribution in [0.3, 0.4) is 0 Å². The zero-order valence-electron chi connectivity index (χ0n) is 9.19. The zero-order valence-corrected chi connectivity index (χ0v) is 9.19. The maximum atomic E-state index is 5.52. The molecular formula is C11H18N4. The number of nitrogen functional groups attached to an aromatic ring is 1. The first kappa shape index (κ1) is 10.2. The van der Waals surface area contributed by atoms with Crippen LogP contribution in [0.5, 0.6) is 0 Å². The van der Waals surface area contributed by atoms with Crippen molar-refractivity contribution in [1.82, 2.24) is 9.97 Å². The molecule has 0 spiro atoms. The Morgan fingerprint density at radius 1 is 1.27 bits per heavy atom. The van der Waals surface area contributed by atoms with Gasteiger partial charge in [-0.15, -0.1) is 0 Å². The van der Waals surface area contributed by atoms with Gasteiger partial charge in [0, 0.05) is 13.1 Å². The van der Waals surface area contributed by atoms with E-state index in [9.17, 15) is 0 Å². The summed E-state index contributed by atoms with van der Waals surface area (Å²) in [4.78, 5) is 10.7. The van der Waals surface area contributed by atoms with Crippen LogP contribution in [0.15, 0.2) is 12.4 Å². The summed E-state index contributed by atoms with van der Waals surface area (Å²) in [6.07, 6.45) is 7.20. The summed E-state index contributed by atoms with van der Waals surface area (Å²) >= 11 is 0. The van der Waals surface area contributed by atoms with Gasteiger partial charge in [-0.1, -0.05) is 6.92 Å². The summed E-state index contributed by atoms with van der Waals surface area (Å²) in [5.74, 6) is 2.27. The Morgan fingerprint density at radius 2 is 2.13 bits per heavy atom. The molecule has 15 heavy (non-hydrogen) atoms. The first-order chi connectivity index (χ1) is 7.25. The Kier molecular flexibility index (Phi) is 3.04. The van der Waals surface area contributed by atoms with Crippen molar-refractivity contribution in [3.05, 3.63) is 12.4 Å². The van der Waals surface area contributed by atoms with Gasteiger partial charge in [-0.05, 0) is 25.2 Å². The standard InChI is InChI=1S/C11H18N4/c1-9-3-2-5-15(6-4-9)11-8-13-10(12)7-14-11/h7-9H,2-6H2,1H3,(H2,12,13). The lowest BCUT2D eigenvalue weighted by Crippen LogP contribution is -2.25. The van der Waals surface area contributed by atoms with Gasteiger partial charge in [0.2, 0.25) is 0 Å². The molecular weight excluding hydrogens is 188 g/mol. The van der Waals surface area contributed by atoms with Gasteiger partial charge in [0.05, 0.1) is 12.4 Å². The van der Waals surface area contributed by atoms with Crippen LogP contribution in [0.1, 0.15) is 26.2 Å². The fourth-order valence-electron chi connectivity index (χ4n) is 1.99. The molecule has 4 heteroatoms. The molecule has 4 nitrogen and oxygen atoms in total. The van der Waals surface area contributed by atoms with Crippen LogP contribution in [-0.2, 0) is 0 Å². The first-order valence-electron chi connectivity index (χ1n) is 5.58. The summed E-state index contributed by atoms with van der Waals surface area (Å²) in [5, 5.41) is 0. The van der Waals surface area contributed by atoms with Crippen LogP contribution in [0, 0.1) is 5.92 Å². The topological polar surface area (TPSA) is 55.0 Å². The monoisotopic (exact) mass is 206 g/mol. The Labute approximate surface area is 90.5 Å². The minimum atomic E-state index is 0.488. The molecule has 1 atom stereocenters. The van der Waals surface area contributed by atoms with Crippen molar-refractivity contribution in [2.45, 2.75) is 26.2 Å². The number of nitrogens with zero attached hydrogens (tertiary/aromatic N) is 3. The van der Waals surface area contributed by atoms with Crippen LogP contribution >= 0.6 is 0 Å². The van der Waals surface area contributed by atoms with Crippen molar-refractivity contribution in [3.63, 3.8) is 0 Å². The molecule has 0 radical (unpaired) electrons. The molecule has 1 unspecified atom stereocenters. The number of hydrogen-bond donors (Lipinski definition) is 1. The largest absolute Gasteiger partial charge is 0.382 e. The SMILES string of the molecule is CC1CCCN(c2cnc(N)cn2)CC1. The molecule has 2 heterocycles. The van der Waals surface area contributed by atoms with E-state index in [2.05, 4.69) is 21.8 Å². The van der Waals surface area contributed by atoms with E-state index in [0.29, 0.717) is 5.82 Å². The van der Waals surface area contributed by atoms with E-state index in [4.69, 9.17) is 5.73 Å². The Bertz CT molecular complexity index is 309. The number of hydrogen-bond acceptors (Lipinski definition) is 4. The molecule has 2 N–H and O–H groups in total. The third-order valence-corrected chi connectivity index (χ3v) is 3.00. The highest BCUT2D eigenvalue weighted by atomic mass is 15.2. The molecule has 1 aromatic heterocycles. The fourth-order valence-corrected chi connectivity index (χ4v) is 1.99. The molecule has 0 saturated carbocycles. The van der Waals surface area contributed by atoms with Crippen molar-refractivity contribution in [3.8, 4) is 0 Å². The number of nitrogens with two attached hydrogens (primary N) is 1. The van der Waals surface area contributed by atoms with Crippen LogP contribution in [0.2, 0.25) is 0 Å². The summed E-state index contributed by atoms with van der Waals surface area (Å²) < 4.78 is 0. The van der Waals surface area contributed by atoms with E-state index in [1.165, 1.54) is 19.3 Å². The molecule has 1 saturated heterocycles. The molecule has 2 rings (SSSR count). The molecule has 0 amide bonds. The second kappa shape index (κ2) is 4.47. The number of anilines is 2. The average Bonchev–Trinajstić information content (AvgIpc) is 2.44. The highest BCUT2D eigenvalue weighted by Gasteiger charge is 2.14. The lowest BCUT2D eigenvalue weighted by molar-refractivity contribution is 0.521. The Morgan fingerprint density at radius 3 is 2.87 bits per heavy atom. The van der Waals surface area contributed by atoms with E-state index in [-0.39, 0.29) is 0 Å². The molecule has 0 aliphatic carbocycles. The summed E-state index contributed by atoms with van der Waals surface area (Å²) in [5.41, 5.74) is 5.52. The van der Waals surface area contributed by atoms with Gasteiger partial charge >= 0.3 is 0 Å². The summed E-state index contributed by atoms with van der Waals surface area (Å²) in [6.45, 7) is 4.49. The summed E-state index contributed by atoms with van der Waals surface area (Å²) in [7, 11) is 0. The van der Waals surface area contributed by atoms with Crippen molar-refractivity contribution < 1.29 is 0 Å². The molecule has 0 aromatic carbocycles. The van der Waals surface area contributed by atoms with Crippen LogP contribution in [0.25, 0.3) is 0 Å². The van der Waals surface area contributed by atoms with Gasteiger partial charge in [-0.25, -0.2) is 9.97 Å². The normalized spacial score (nSPS) is 22.5. The molecule has 0 bridgehead atoms. The highest BCUT2D eigenvalue weighted by molar-refractivity contribution is 5.39. The number of rotatable bonds is 1. The van der Waals surface area contributed by atoms with Gasteiger partial charge in [0.25, 0.3) is 0 Å². The van der Waals surface area contributed by atoms with E-state index in [1.807, 2.05) is 0 Å². The van der Waals surface area contributed by atoms with Crippen molar-refractivity contribution in [2.75, 3.05) is 23.7 Å². The van der Waals surface area contributed by atoms with Crippen LogP contribution < -0.4 is 10.6 Å². The Balaban J connectivity index is 2.06. The third kappa shape index (κ3) is 2.58. The highest BCUT2D eigenvalue weighted by Crippen LogP contribution is 2.20. The van der Waals surface area contributed by atoms with Gasteiger partial charge in [-0.2, -0.15) is 0 Å². The van der Waals surface area contributed by atoms with E-state index in [0.717, 1.165) is 24.8 Å². The fraction of sp³-hybridized carbons (Fsp3) is 0.636. The second-order valence-corrected chi connectivity index (χ2v) is 4.32. The minimum absolute atomic E-state index is 0.488. The smallest absolute Gasteiger partial charge is 0.147 e. The van der Waals surface area contributed by atoms with Crippen LogP contribution in [-0.4, -0.2) is 23.1 Å². The Hall–Kier alpha value is -1.32. The van der Waals surface area contributed by atoms with Gasteiger partial charge in [0.15, 0.2) is 0 Å². The van der Waals surface area contributed by atoms with E-state index in [1.54, 1.807) is 12.4 Å². The predicted molar refractivity (Wildman–Crippen MR) is 61.7 cm³/mol. The van der Waals surface area contributed by atoms with Crippen LogP contribution in [0.4, 0.5) is 11.6 Å². The van der Waals surface area contributed by atoms with Gasteiger partial charge in [-0.3, -0.25) is 0 Å². The first-order valence-corrected chi connectivity index (χ1v) is 5.58. The molecule has 82 valence electrons. The van der Waals surface area contributed by atoms with E-state index < -0.39 is 0 Å². The molecule has 1 aliphatic rings. The maximum absolute atomic E-state index is 5.52. The number of aromatic nitrogens is 2. The minimum Gasteiger partial charge on any atom is -0.382 e. The second-order valence-electron chi connectivity index (χ2n) is 4.32. The van der Waals surface area contributed by atoms with Crippen molar-refractivity contribution in [1.29, 1.82) is 0 Å². The third-order valence-electron chi connectivity index (χ3n) is 3.00. The zero-order chi connectivity index (χ0) is 10.7. The predicted octanol–water partition coefficient (Wildman–Crippen LogP) is 1.69. The van der Waals surface area contributed by atoms with Gasteiger partial charge in [0.1, 0.15) is 11.6 Å². The average molecular weight is 206 g/mol. The molecule has 1 fully saturated rings. The van der Waals surface area contributed by atoms with Gasteiger partial charge < -0.3 is 10.6 Å². The molecule has 1 aromatic rings.